The van der Waals surface area contributed by atoms with Crippen molar-refractivity contribution in [3.63, 3.8) is 0 Å². The summed E-state index contributed by atoms with van der Waals surface area (Å²) in [5.41, 5.74) is 3.19. The Morgan fingerprint density at radius 3 is 2.59 bits per heavy atom. The van der Waals surface area contributed by atoms with Gasteiger partial charge in [-0.15, -0.1) is 0 Å². The minimum atomic E-state index is -3.08. The van der Waals surface area contributed by atoms with Crippen molar-refractivity contribution in [3.05, 3.63) is 57.9 Å². The molecule has 2 heterocycles. The fraction of sp³-hybridized carbons (Fsp3) is 0.409. The molecule has 172 valence electrons. The molecule has 1 amide bonds. The zero-order valence-electron chi connectivity index (χ0n) is 18.2. The number of esters is 1. The first-order chi connectivity index (χ1) is 15.1. The van der Waals surface area contributed by atoms with Gasteiger partial charge in [-0.3, -0.25) is 4.79 Å². The fourth-order valence-electron chi connectivity index (χ4n) is 3.43. The van der Waals surface area contributed by atoms with Crippen LogP contribution in [0.5, 0.6) is 0 Å². The predicted octanol–water partition coefficient (Wildman–Crippen LogP) is 2.73. The van der Waals surface area contributed by atoms with E-state index in [0.717, 1.165) is 11.1 Å². The number of nitrogens with zero attached hydrogens (tertiary/aromatic N) is 3. The molecule has 0 spiro atoms. The topological polar surface area (TPSA) is 98.6 Å². The second-order valence-electron chi connectivity index (χ2n) is 7.97. The number of ether oxygens (including phenoxy) is 1. The Bertz CT molecular complexity index is 1140. The highest BCUT2D eigenvalue weighted by Gasteiger charge is 2.31. The average molecular weight is 480 g/mol. The van der Waals surface area contributed by atoms with Crippen LogP contribution in [0.25, 0.3) is 6.08 Å². The van der Waals surface area contributed by atoms with Crippen molar-refractivity contribution in [2.75, 3.05) is 25.2 Å². The largest absolute Gasteiger partial charge is 0.452 e. The number of likely N-dealkylation sites (N-methyl/N-ethyl adjacent to an activating group) is 1. The Morgan fingerprint density at radius 2 is 1.97 bits per heavy atom. The minimum absolute atomic E-state index is 0.00272. The number of amides is 1. The summed E-state index contributed by atoms with van der Waals surface area (Å²) in [6.07, 6.45) is 3.10. The average Bonchev–Trinajstić information content (AvgIpc) is 3.24. The van der Waals surface area contributed by atoms with Gasteiger partial charge in [0.1, 0.15) is 5.15 Å². The number of rotatable bonds is 7. The van der Waals surface area contributed by atoms with Crippen LogP contribution in [0, 0.1) is 13.8 Å². The summed E-state index contributed by atoms with van der Waals surface area (Å²) in [6.45, 7) is 3.75. The van der Waals surface area contributed by atoms with Crippen LogP contribution in [-0.2, 0) is 30.7 Å². The molecule has 3 rings (SSSR count). The van der Waals surface area contributed by atoms with Gasteiger partial charge in [-0.25, -0.2) is 17.9 Å². The smallest absolute Gasteiger partial charge is 0.331 e. The lowest BCUT2D eigenvalue weighted by atomic mass is 10.1. The number of hydrogen-bond donors (Lipinski definition) is 0. The number of aryl methyl sites for hydroxylation is 2. The molecule has 1 saturated heterocycles. The highest BCUT2D eigenvalue weighted by atomic mass is 35.5. The lowest BCUT2D eigenvalue weighted by Gasteiger charge is -2.17. The molecule has 0 bridgehead atoms. The summed E-state index contributed by atoms with van der Waals surface area (Å²) in [4.78, 5) is 25.8. The normalized spacial score (nSPS) is 17.6. The first kappa shape index (κ1) is 24.0. The predicted molar refractivity (Wildman–Crippen MR) is 122 cm³/mol. The van der Waals surface area contributed by atoms with Gasteiger partial charge in [-0.05, 0) is 31.9 Å². The molecule has 1 aliphatic rings. The van der Waals surface area contributed by atoms with E-state index in [1.54, 1.807) is 14.0 Å². The van der Waals surface area contributed by atoms with E-state index >= 15 is 0 Å². The summed E-state index contributed by atoms with van der Waals surface area (Å²) in [5, 5.41) is 4.60. The Labute approximate surface area is 192 Å². The third kappa shape index (κ3) is 5.98. The third-order valence-corrected chi connectivity index (χ3v) is 7.44. The standard InChI is InChI=1S/C22H26ClN3O5S/c1-15-4-6-17(7-5-15)12-25(3)20(27)13-31-21(28)9-8-19-16(2)24-26(22(19)23)18-10-11-32(29,30)14-18/h4-9,18H,10-14H2,1-3H3/b9-8+/t18-/m1/s1. The number of carbonyl (C=O) groups excluding carboxylic acids is 2. The van der Waals surface area contributed by atoms with Crippen molar-refractivity contribution in [1.29, 1.82) is 0 Å². The van der Waals surface area contributed by atoms with E-state index in [-0.39, 0.29) is 35.2 Å². The van der Waals surface area contributed by atoms with Gasteiger partial charge in [-0.1, -0.05) is 41.4 Å². The minimum Gasteiger partial charge on any atom is -0.452 e. The van der Waals surface area contributed by atoms with E-state index in [1.807, 2.05) is 31.2 Å². The number of hydrogen-bond acceptors (Lipinski definition) is 6. The molecule has 2 aromatic rings. The molecule has 0 N–H and O–H groups in total. The first-order valence-electron chi connectivity index (χ1n) is 10.1. The lowest BCUT2D eigenvalue weighted by Crippen LogP contribution is -2.30. The molecule has 10 heteroatoms. The monoisotopic (exact) mass is 479 g/mol. The Morgan fingerprint density at radius 1 is 1.28 bits per heavy atom. The van der Waals surface area contributed by atoms with Crippen LogP contribution in [-0.4, -0.2) is 60.1 Å². The van der Waals surface area contributed by atoms with Gasteiger partial charge in [0.25, 0.3) is 5.91 Å². The SMILES string of the molecule is Cc1ccc(CN(C)C(=O)COC(=O)/C=C/c2c(C)nn([C@@H]3CCS(=O)(=O)C3)c2Cl)cc1. The van der Waals surface area contributed by atoms with Crippen molar-refractivity contribution in [2.45, 2.75) is 32.9 Å². The molecule has 1 aromatic carbocycles. The maximum Gasteiger partial charge on any atom is 0.331 e. The van der Waals surface area contributed by atoms with Crippen LogP contribution in [0.3, 0.4) is 0 Å². The number of aromatic nitrogens is 2. The second-order valence-corrected chi connectivity index (χ2v) is 10.6. The third-order valence-electron chi connectivity index (χ3n) is 5.32. The Hall–Kier alpha value is -2.65. The molecule has 0 unspecified atom stereocenters. The first-order valence-corrected chi connectivity index (χ1v) is 12.3. The van der Waals surface area contributed by atoms with E-state index in [1.165, 1.54) is 21.7 Å². The van der Waals surface area contributed by atoms with Crippen LogP contribution in [0.2, 0.25) is 5.15 Å². The van der Waals surface area contributed by atoms with Crippen molar-refractivity contribution < 1.29 is 22.7 Å². The van der Waals surface area contributed by atoms with E-state index in [9.17, 15) is 18.0 Å². The van der Waals surface area contributed by atoms with E-state index in [2.05, 4.69) is 5.10 Å². The van der Waals surface area contributed by atoms with Gasteiger partial charge >= 0.3 is 5.97 Å². The zero-order chi connectivity index (χ0) is 23.5. The lowest BCUT2D eigenvalue weighted by molar-refractivity contribution is -0.147. The molecule has 1 atom stereocenters. The summed E-state index contributed by atoms with van der Waals surface area (Å²) in [6, 6.07) is 7.52. The molecule has 8 nitrogen and oxygen atoms in total. The van der Waals surface area contributed by atoms with Crippen molar-refractivity contribution in [2.24, 2.45) is 0 Å². The van der Waals surface area contributed by atoms with E-state index < -0.39 is 15.8 Å². The molecule has 0 aliphatic carbocycles. The van der Waals surface area contributed by atoms with Gasteiger partial charge in [0.2, 0.25) is 0 Å². The second kappa shape index (κ2) is 9.87. The molecular weight excluding hydrogens is 454 g/mol. The van der Waals surface area contributed by atoms with Gasteiger partial charge < -0.3 is 9.64 Å². The number of benzene rings is 1. The number of sulfone groups is 1. The van der Waals surface area contributed by atoms with Gasteiger partial charge in [-0.2, -0.15) is 5.10 Å². The maximum atomic E-state index is 12.2. The molecule has 32 heavy (non-hydrogen) atoms. The summed E-state index contributed by atoms with van der Waals surface area (Å²) in [7, 11) is -1.44. The molecule has 0 radical (unpaired) electrons. The van der Waals surface area contributed by atoms with Crippen LogP contribution < -0.4 is 0 Å². The Balaban J connectivity index is 1.55. The van der Waals surface area contributed by atoms with E-state index in [4.69, 9.17) is 16.3 Å². The number of carbonyl (C=O) groups is 2. The summed E-state index contributed by atoms with van der Waals surface area (Å²) >= 11 is 6.38. The molecule has 1 fully saturated rings. The number of halogens is 1. The van der Waals surface area contributed by atoms with Gasteiger partial charge in [0, 0.05) is 25.2 Å². The molecular formula is C22H26ClN3O5S. The van der Waals surface area contributed by atoms with Crippen molar-refractivity contribution >= 4 is 39.4 Å². The van der Waals surface area contributed by atoms with Crippen molar-refractivity contribution in [1.82, 2.24) is 14.7 Å². The highest BCUT2D eigenvalue weighted by Crippen LogP contribution is 2.30. The van der Waals surface area contributed by atoms with Crippen molar-refractivity contribution in [3.8, 4) is 0 Å². The van der Waals surface area contributed by atoms with Crippen LogP contribution in [0.1, 0.15) is 34.8 Å². The van der Waals surface area contributed by atoms with Gasteiger partial charge in [0.15, 0.2) is 16.4 Å². The molecule has 0 saturated carbocycles. The maximum absolute atomic E-state index is 12.2. The van der Waals surface area contributed by atoms with Gasteiger partial charge in [0.05, 0.1) is 23.2 Å². The zero-order valence-corrected chi connectivity index (χ0v) is 19.8. The van der Waals surface area contributed by atoms with Crippen LogP contribution in [0.4, 0.5) is 0 Å². The molecule has 1 aliphatic heterocycles. The molecule has 1 aromatic heterocycles. The summed E-state index contributed by atoms with van der Waals surface area (Å²) in [5.74, 6) is -0.904. The van der Waals surface area contributed by atoms with E-state index in [0.29, 0.717) is 24.2 Å². The quantitative estimate of drug-likeness (QED) is 0.447. The Kier molecular flexibility index (Phi) is 7.40. The summed E-state index contributed by atoms with van der Waals surface area (Å²) < 4.78 is 30.0. The fourth-order valence-corrected chi connectivity index (χ4v) is 5.50. The van der Waals surface area contributed by atoms with Crippen LogP contribution in [0.15, 0.2) is 30.3 Å². The highest BCUT2D eigenvalue weighted by molar-refractivity contribution is 7.91. The van der Waals surface area contributed by atoms with Crippen LogP contribution >= 0.6 is 11.6 Å².